The molecule has 4 atom stereocenters. The highest BCUT2D eigenvalue weighted by molar-refractivity contribution is 5.94. The predicted molar refractivity (Wildman–Crippen MR) is 111 cm³/mol. The summed E-state index contributed by atoms with van der Waals surface area (Å²) in [6.07, 6.45) is 0.0130. The number of nitrogens with two attached hydrogens (primary N) is 1. The van der Waals surface area contributed by atoms with Gasteiger partial charge in [-0.25, -0.2) is 0 Å². The van der Waals surface area contributed by atoms with Crippen LogP contribution in [0.25, 0.3) is 0 Å². The Balaban J connectivity index is 3.05. The molecule has 4 unspecified atom stereocenters. The Morgan fingerprint density at radius 1 is 0.935 bits per heavy atom. The van der Waals surface area contributed by atoms with E-state index in [1.165, 1.54) is 19.1 Å². The summed E-state index contributed by atoms with van der Waals surface area (Å²) >= 11 is 0. The summed E-state index contributed by atoms with van der Waals surface area (Å²) in [5.41, 5.74) is 6.08. The maximum atomic E-state index is 12.8. The van der Waals surface area contributed by atoms with Crippen molar-refractivity contribution in [2.24, 2.45) is 11.7 Å². The summed E-state index contributed by atoms with van der Waals surface area (Å²) in [7, 11) is 0. The van der Waals surface area contributed by atoms with Crippen LogP contribution in [0.4, 0.5) is 0 Å². The van der Waals surface area contributed by atoms with Gasteiger partial charge in [0.2, 0.25) is 17.7 Å². The molecule has 3 amide bonds. The Hall–Kier alpha value is -3.18. The van der Waals surface area contributed by atoms with Gasteiger partial charge in [0, 0.05) is 6.42 Å². The minimum atomic E-state index is -1.24. The van der Waals surface area contributed by atoms with Crippen LogP contribution in [0, 0.1) is 5.92 Å². The van der Waals surface area contributed by atoms with Gasteiger partial charge in [-0.15, -0.1) is 0 Å². The molecule has 0 saturated carbocycles. The minimum Gasteiger partial charge on any atom is -0.508 e. The van der Waals surface area contributed by atoms with Crippen molar-refractivity contribution in [3.05, 3.63) is 29.8 Å². The van der Waals surface area contributed by atoms with Crippen molar-refractivity contribution in [1.29, 1.82) is 0 Å². The molecule has 0 saturated heterocycles. The molecular formula is C20H30N4O7. The number of carbonyl (C=O) groups excluding carboxylic acids is 3. The molecule has 0 aliphatic carbocycles. The molecule has 1 aromatic rings. The number of aromatic hydroxyl groups is 1. The normalized spacial score (nSPS) is 14.8. The molecule has 0 radical (unpaired) electrons. The van der Waals surface area contributed by atoms with E-state index in [1.54, 1.807) is 26.0 Å². The molecule has 0 fully saturated rings. The van der Waals surface area contributed by atoms with E-state index >= 15 is 0 Å². The number of aliphatic hydroxyl groups excluding tert-OH is 1. The monoisotopic (exact) mass is 438 g/mol. The zero-order valence-electron chi connectivity index (χ0n) is 17.7. The number of rotatable bonds is 11. The van der Waals surface area contributed by atoms with Crippen LogP contribution in [-0.4, -0.2) is 69.8 Å². The molecule has 0 bridgehead atoms. The zero-order valence-corrected chi connectivity index (χ0v) is 17.7. The first kappa shape index (κ1) is 25.9. The van der Waals surface area contributed by atoms with E-state index in [-0.39, 0.29) is 18.1 Å². The lowest BCUT2D eigenvalue weighted by Crippen LogP contribution is -2.59. The van der Waals surface area contributed by atoms with E-state index in [0.29, 0.717) is 5.56 Å². The fourth-order valence-corrected chi connectivity index (χ4v) is 2.59. The molecule has 1 rings (SSSR count). The lowest BCUT2D eigenvalue weighted by molar-refractivity contribution is -0.141. The summed E-state index contributed by atoms with van der Waals surface area (Å²) in [5.74, 6) is -3.71. The molecule has 31 heavy (non-hydrogen) atoms. The Labute approximate surface area is 180 Å². The van der Waals surface area contributed by atoms with Gasteiger partial charge < -0.3 is 37.0 Å². The molecule has 0 aromatic heterocycles. The lowest BCUT2D eigenvalue weighted by Gasteiger charge is -2.26. The molecule has 0 aliphatic rings. The molecule has 0 spiro atoms. The number of aliphatic hydroxyl groups is 1. The second kappa shape index (κ2) is 11.9. The van der Waals surface area contributed by atoms with Gasteiger partial charge >= 0.3 is 5.97 Å². The van der Waals surface area contributed by atoms with E-state index in [4.69, 9.17) is 15.9 Å². The lowest BCUT2D eigenvalue weighted by atomic mass is 10.0. The van der Waals surface area contributed by atoms with Crippen LogP contribution in [0.5, 0.6) is 5.75 Å². The maximum Gasteiger partial charge on any atom is 0.325 e. The highest BCUT2D eigenvalue weighted by Crippen LogP contribution is 2.12. The molecule has 0 aliphatic heterocycles. The number of carbonyl (C=O) groups is 4. The van der Waals surface area contributed by atoms with E-state index in [1.807, 2.05) is 0 Å². The van der Waals surface area contributed by atoms with Gasteiger partial charge in [0.15, 0.2) is 0 Å². The summed E-state index contributed by atoms with van der Waals surface area (Å²) < 4.78 is 0. The van der Waals surface area contributed by atoms with E-state index in [0.717, 1.165) is 0 Å². The second-order valence-corrected chi connectivity index (χ2v) is 7.52. The number of aliphatic carboxylic acids is 1. The van der Waals surface area contributed by atoms with Gasteiger partial charge in [0.1, 0.15) is 29.9 Å². The van der Waals surface area contributed by atoms with Crippen LogP contribution in [0.15, 0.2) is 24.3 Å². The van der Waals surface area contributed by atoms with Crippen LogP contribution >= 0.6 is 0 Å². The number of hydrogen-bond donors (Lipinski definition) is 7. The minimum absolute atomic E-state index is 0.0130. The molecule has 0 heterocycles. The smallest absolute Gasteiger partial charge is 0.325 e. The van der Waals surface area contributed by atoms with Gasteiger partial charge in [-0.1, -0.05) is 26.0 Å². The molecule has 11 heteroatoms. The summed E-state index contributed by atoms with van der Waals surface area (Å²) in [6.45, 7) is 4.04. The maximum absolute atomic E-state index is 12.8. The molecular weight excluding hydrogens is 408 g/mol. The van der Waals surface area contributed by atoms with Crippen molar-refractivity contribution in [1.82, 2.24) is 16.0 Å². The van der Waals surface area contributed by atoms with Gasteiger partial charge in [0.05, 0.1) is 6.61 Å². The third-order valence-electron chi connectivity index (χ3n) is 4.52. The fraction of sp³-hybridized carbons (Fsp3) is 0.500. The summed E-state index contributed by atoms with van der Waals surface area (Å²) in [6, 6.07) is 1.37. The fourth-order valence-electron chi connectivity index (χ4n) is 2.59. The number of phenolic OH excluding ortho intramolecular Hbond substituents is 1. The Bertz CT molecular complexity index is 782. The quantitative estimate of drug-likeness (QED) is 0.216. The third kappa shape index (κ3) is 8.22. The van der Waals surface area contributed by atoms with Crippen LogP contribution in [0.3, 0.4) is 0 Å². The van der Waals surface area contributed by atoms with E-state index < -0.39 is 54.5 Å². The standard InChI is InChI=1S/C20H30N4O7/c1-10(2)16(24-17(27)14(21)9-25)19(29)23-15(18(28)22-11(3)20(30)31)8-12-4-6-13(26)7-5-12/h4-7,10-11,14-16,25-26H,8-9,21H2,1-3H3,(H,22,28)(H,23,29)(H,24,27)(H,30,31). The van der Waals surface area contributed by atoms with Crippen molar-refractivity contribution in [2.75, 3.05) is 6.61 Å². The van der Waals surface area contributed by atoms with Crippen LogP contribution in [0.2, 0.25) is 0 Å². The number of amides is 3. The van der Waals surface area contributed by atoms with Crippen LogP contribution in [-0.2, 0) is 25.6 Å². The highest BCUT2D eigenvalue weighted by atomic mass is 16.4. The first-order chi connectivity index (χ1) is 14.5. The van der Waals surface area contributed by atoms with Crippen molar-refractivity contribution in [3.63, 3.8) is 0 Å². The SMILES string of the molecule is CC(NC(=O)C(Cc1ccc(O)cc1)NC(=O)C(NC(=O)C(N)CO)C(C)C)C(=O)O. The highest BCUT2D eigenvalue weighted by Gasteiger charge is 2.31. The predicted octanol–water partition coefficient (Wildman–Crippen LogP) is -1.53. The van der Waals surface area contributed by atoms with Gasteiger partial charge in [-0.3, -0.25) is 19.2 Å². The van der Waals surface area contributed by atoms with Crippen LogP contribution in [0.1, 0.15) is 26.3 Å². The molecule has 1 aromatic carbocycles. The second-order valence-electron chi connectivity index (χ2n) is 7.52. The average molecular weight is 438 g/mol. The number of phenols is 1. The first-order valence-corrected chi connectivity index (χ1v) is 9.74. The number of hydrogen-bond acceptors (Lipinski definition) is 7. The Morgan fingerprint density at radius 2 is 1.52 bits per heavy atom. The molecule has 11 nitrogen and oxygen atoms in total. The Morgan fingerprint density at radius 3 is 2.00 bits per heavy atom. The van der Waals surface area contributed by atoms with E-state index in [2.05, 4.69) is 16.0 Å². The van der Waals surface area contributed by atoms with Crippen molar-refractivity contribution in [3.8, 4) is 5.75 Å². The number of carboxylic acids is 1. The topological polar surface area (TPSA) is 191 Å². The van der Waals surface area contributed by atoms with Crippen molar-refractivity contribution < 1.29 is 34.5 Å². The zero-order chi connectivity index (χ0) is 23.7. The van der Waals surface area contributed by atoms with Crippen molar-refractivity contribution >= 4 is 23.7 Å². The van der Waals surface area contributed by atoms with Gasteiger partial charge in [-0.2, -0.15) is 0 Å². The van der Waals surface area contributed by atoms with Crippen LogP contribution < -0.4 is 21.7 Å². The third-order valence-corrected chi connectivity index (χ3v) is 4.52. The largest absolute Gasteiger partial charge is 0.508 e. The number of carboxylic acid groups (broad SMARTS) is 1. The van der Waals surface area contributed by atoms with Crippen molar-refractivity contribution in [2.45, 2.75) is 51.4 Å². The van der Waals surface area contributed by atoms with E-state index in [9.17, 15) is 24.3 Å². The molecule has 8 N–H and O–H groups in total. The van der Waals surface area contributed by atoms with Gasteiger partial charge in [-0.05, 0) is 30.5 Å². The first-order valence-electron chi connectivity index (χ1n) is 9.74. The number of benzene rings is 1. The Kier molecular flexibility index (Phi) is 9.90. The van der Waals surface area contributed by atoms with Gasteiger partial charge in [0.25, 0.3) is 0 Å². The average Bonchev–Trinajstić information content (AvgIpc) is 2.71. The summed E-state index contributed by atoms with van der Waals surface area (Å²) in [5, 5.41) is 34.8. The summed E-state index contributed by atoms with van der Waals surface area (Å²) in [4.78, 5) is 48.6. The molecule has 172 valence electrons. The number of nitrogens with one attached hydrogen (secondary N) is 3.